The fourth-order valence-electron chi connectivity index (χ4n) is 5.63. The highest BCUT2D eigenvalue weighted by molar-refractivity contribution is 6.09. The first kappa shape index (κ1) is 46.1. The molecule has 5 aromatic rings. The molecule has 0 aliphatic carbocycles. The summed E-state index contributed by atoms with van der Waals surface area (Å²) in [5.41, 5.74) is -3.83. The maximum Gasteiger partial charge on any atom is 0.324 e. The number of benzene rings is 4. The normalized spacial score (nSPS) is 11.1. The Kier molecular flexibility index (Phi) is 15.5. The molecule has 60 heavy (non-hydrogen) atoms. The lowest BCUT2D eigenvalue weighted by Crippen LogP contribution is -2.25. The maximum absolute atomic E-state index is 11.5. The number of hydrogen-bond acceptors (Lipinski definition) is 19. The molecule has 0 fully saturated rings. The number of aromatic hydroxyl groups is 2. The van der Waals surface area contributed by atoms with E-state index in [1.807, 2.05) is 30.3 Å². The van der Waals surface area contributed by atoms with Crippen molar-refractivity contribution in [3.63, 3.8) is 0 Å². The van der Waals surface area contributed by atoms with Gasteiger partial charge in [0, 0.05) is 22.9 Å². The van der Waals surface area contributed by atoms with Crippen LogP contribution in [-0.4, -0.2) is 80.2 Å². The fourth-order valence-corrected chi connectivity index (χ4v) is 5.63. The van der Waals surface area contributed by atoms with Crippen molar-refractivity contribution >= 4 is 67.3 Å². The smallest absolute Gasteiger partial charge is 0.324 e. The Labute approximate surface area is 335 Å². The summed E-state index contributed by atoms with van der Waals surface area (Å²) in [4.78, 5) is 73.7. The third-order valence-electron chi connectivity index (χ3n) is 8.60. The first-order valence-corrected chi connectivity index (χ1v) is 17.3. The number of phenols is 2. The number of nitro groups is 7. The number of aromatic nitrogens is 1. The number of non-ortho nitro benzene ring substituents is 3. The number of pyridine rings is 1. The molecule has 4 aromatic carbocycles. The zero-order valence-electron chi connectivity index (χ0n) is 31.6. The third-order valence-corrected chi connectivity index (χ3v) is 8.60. The van der Waals surface area contributed by atoms with Gasteiger partial charge in [0.2, 0.25) is 0 Å². The van der Waals surface area contributed by atoms with Crippen LogP contribution in [0.15, 0.2) is 66.7 Å². The van der Waals surface area contributed by atoms with E-state index in [0.717, 1.165) is 54.5 Å². The Morgan fingerprint density at radius 2 is 1.02 bits per heavy atom. The van der Waals surface area contributed by atoms with Crippen LogP contribution in [0.1, 0.15) is 33.6 Å². The standard InChI is InChI=1S/C22H28N4O2.2C6H3N3O7/c1-4-25(5-2)15-9-10-16(3)23-21-17-11-6-7-13-19(17)24-22-18(21)12-8-14-20(22)26(27)28;2*10-6-4(8(13)14)1-3(7(11)12)2-5(6)9(15)16/h6-8,11-14,16H,4-5,9-10,15H2,1-3H3,(H,23,24);2*1-2,10H. The Morgan fingerprint density at radius 1 is 0.600 bits per heavy atom. The number of nitrogens with one attached hydrogen (secondary N) is 1. The molecule has 0 saturated heterocycles. The summed E-state index contributed by atoms with van der Waals surface area (Å²) in [7, 11) is 0. The number of phenolic OH excluding ortho intramolecular Hbond substituents is 2. The van der Waals surface area contributed by atoms with Crippen molar-refractivity contribution in [2.75, 3.05) is 25.0 Å². The second kappa shape index (κ2) is 20.2. The van der Waals surface area contributed by atoms with Crippen LogP contribution in [0, 0.1) is 70.8 Å². The van der Waals surface area contributed by atoms with Gasteiger partial charge in [-0.1, -0.05) is 44.2 Å². The summed E-state index contributed by atoms with van der Waals surface area (Å²) in [6, 6.07) is 15.0. The summed E-state index contributed by atoms with van der Waals surface area (Å²) < 4.78 is 0. The van der Waals surface area contributed by atoms with E-state index in [1.54, 1.807) is 6.07 Å². The van der Waals surface area contributed by atoms with Gasteiger partial charge in [0.05, 0.1) is 69.9 Å². The van der Waals surface area contributed by atoms with Crippen LogP contribution in [-0.2, 0) is 0 Å². The van der Waals surface area contributed by atoms with Crippen molar-refractivity contribution in [1.82, 2.24) is 9.88 Å². The molecule has 1 heterocycles. The summed E-state index contributed by atoms with van der Waals surface area (Å²) in [5, 5.41) is 97.3. The lowest BCUT2D eigenvalue weighted by molar-refractivity contribution is -0.404. The highest BCUT2D eigenvalue weighted by Crippen LogP contribution is 2.40. The van der Waals surface area contributed by atoms with E-state index in [0.29, 0.717) is 29.8 Å². The number of nitrogens with zero attached hydrogens (tertiary/aromatic N) is 9. The molecule has 1 unspecified atom stereocenters. The molecule has 0 aliphatic rings. The van der Waals surface area contributed by atoms with Crippen molar-refractivity contribution in [1.29, 1.82) is 0 Å². The van der Waals surface area contributed by atoms with E-state index in [9.17, 15) is 70.8 Å². The topological polar surface area (TPSA) is 371 Å². The molecule has 0 saturated carbocycles. The lowest BCUT2D eigenvalue weighted by Gasteiger charge is -2.21. The molecule has 0 aliphatic heterocycles. The highest BCUT2D eigenvalue weighted by Gasteiger charge is 2.31. The highest BCUT2D eigenvalue weighted by atomic mass is 16.7. The number of para-hydroxylation sites is 2. The molecule has 26 nitrogen and oxygen atoms in total. The summed E-state index contributed by atoms with van der Waals surface area (Å²) in [5.74, 6) is -2.42. The SMILES string of the molecule is CCN(CC)CCCC(C)Nc1c2ccccc2nc2c([N+](=O)[O-])cccc12.O=[N+]([O-])c1cc([N+](=O)[O-])c(O)c([N+](=O)[O-])c1.O=[N+]([O-])c1cc([N+](=O)[O-])c(O)c([N+](=O)[O-])c1. The Hall–Kier alpha value is -8.29. The average molecular weight is 839 g/mol. The molecule has 26 heteroatoms. The minimum Gasteiger partial charge on any atom is -0.497 e. The summed E-state index contributed by atoms with van der Waals surface area (Å²) >= 11 is 0. The average Bonchev–Trinajstić information content (AvgIpc) is 3.19. The molecular weight excluding hydrogens is 804 g/mol. The van der Waals surface area contributed by atoms with Crippen LogP contribution < -0.4 is 5.32 Å². The van der Waals surface area contributed by atoms with Gasteiger partial charge in [0.25, 0.3) is 28.6 Å². The van der Waals surface area contributed by atoms with Crippen LogP contribution in [0.5, 0.6) is 11.5 Å². The second-order valence-corrected chi connectivity index (χ2v) is 12.4. The van der Waals surface area contributed by atoms with E-state index in [2.05, 4.69) is 36.0 Å². The van der Waals surface area contributed by atoms with Gasteiger partial charge in [-0.2, -0.15) is 0 Å². The van der Waals surface area contributed by atoms with Gasteiger partial charge in [-0.25, -0.2) is 4.98 Å². The van der Waals surface area contributed by atoms with E-state index >= 15 is 0 Å². The van der Waals surface area contributed by atoms with E-state index in [1.165, 1.54) is 6.07 Å². The van der Waals surface area contributed by atoms with Crippen molar-refractivity contribution < 1.29 is 44.7 Å². The summed E-state index contributed by atoms with van der Waals surface area (Å²) in [6.45, 7) is 9.77. The van der Waals surface area contributed by atoms with Gasteiger partial charge in [0.15, 0.2) is 5.52 Å². The third kappa shape index (κ3) is 11.2. The van der Waals surface area contributed by atoms with Crippen LogP contribution in [0.25, 0.3) is 21.8 Å². The number of nitro benzene ring substituents is 7. The van der Waals surface area contributed by atoms with Crippen LogP contribution >= 0.6 is 0 Å². The molecule has 316 valence electrons. The predicted molar refractivity (Wildman–Crippen MR) is 212 cm³/mol. The molecule has 0 spiro atoms. The lowest BCUT2D eigenvalue weighted by atomic mass is 10.0. The summed E-state index contributed by atoms with van der Waals surface area (Å²) in [6.07, 6.45) is 2.14. The fraction of sp³-hybridized carbons (Fsp3) is 0.265. The molecule has 1 atom stereocenters. The first-order chi connectivity index (χ1) is 28.2. The van der Waals surface area contributed by atoms with E-state index in [-0.39, 0.29) is 16.7 Å². The van der Waals surface area contributed by atoms with Gasteiger partial charge in [-0.3, -0.25) is 70.8 Å². The second-order valence-electron chi connectivity index (χ2n) is 12.4. The van der Waals surface area contributed by atoms with Crippen molar-refractivity contribution in [2.45, 2.75) is 39.7 Å². The molecule has 0 amide bonds. The van der Waals surface area contributed by atoms with Crippen LogP contribution in [0.3, 0.4) is 0 Å². The first-order valence-electron chi connectivity index (χ1n) is 17.3. The Morgan fingerprint density at radius 3 is 1.42 bits per heavy atom. The minimum absolute atomic E-state index is 0.0421. The van der Waals surface area contributed by atoms with E-state index in [4.69, 9.17) is 10.2 Å². The van der Waals surface area contributed by atoms with Crippen LogP contribution in [0.2, 0.25) is 0 Å². The molecule has 1 aromatic heterocycles. The quantitative estimate of drug-likeness (QED) is 0.0523. The monoisotopic (exact) mass is 838 g/mol. The van der Waals surface area contributed by atoms with Gasteiger partial charge in [0.1, 0.15) is 0 Å². The van der Waals surface area contributed by atoms with Crippen molar-refractivity contribution in [2.24, 2.45) is 0 Å². The van der Waals surface area contributed by atoms with Crippen LogP contribution in [0.4, 0.5) is 45.5 Å². The van der Waals surface area contributed by atoms with Crippen molar-refractivity contribution in [3.05, 3.63) is 138 Å². The number of rotatable bonds is 15. The number of anilines is 1. The van der Waals surface area contributed by atoms with Gasteiger partial charge >= 0.3 is 22.7 Å². The molecular formula is C34H34N10O16. The van der Waals surface area contributed by atoms with Gasteiger partial charge in [-0.15, -0.1) is 0 Å². The molecule has 0 radical (unpaired) electrons. The number of fused-ring (bicyclic) bond motifs is 2. The maximum atomic E-state index is 11.5. The van der Waals surface area contributed by atoms with E-state index < -0.39 is 75.2 Å². The van der Waals surface area contributed by atoms with Crippen molar-refractivity contribution in [3.8, 4) is 11.5 Å². The predicted octanol–water partition coefficient (Wildman–Crippen LogP) is 7.45. The largest absolute Gasteiger partial charge is 0.497 e. The molecule has 0 bridgehead atoms. The molecule has 3 N–H and O–H groups in total. The van der Waals surface area contributed by atoms with Gasteiger partial charge < -0.3 is 20.4 Å². The van der Waals surface area contributed by atoms with Gasteiger partial charge in [-0.05, 0) is 45.5 Å². The molecule has 5 rings (SSSR count). The number of hydrogen-bond donors (Lipinski definition) is 3. The minimum atomic E-state index is -1.21. The zero-order chi connectivity index (χ0) is 45.0. The Balaban J connectivity index is 0.000000258. The Bertz CT molecular complexity index is 2330. The zero-order valence-corrected chi connectivity index (χ0v) is 31.6.